The molecule has 0 fully saturated rings. The Hall–Kier alpha value is -3.95. The van der Waals surface area contributed by atoms with Crippen molar-refractivity contribution >= 4 is 22.8 Å². The number of nitrogens with one attached hydrogen (secondary N) is 1. The van der Waals surface area contributed by atoms with Crippen molar-refractivity contribution in [1.29, 1.82) is 0 Å². The van der Waals surface area contributed by atoms with Crippen LogP contribution in [0, 0.1) is 6.92 Å². The van der Waals surface area contributed by atoms with E-state index < -0.39 is 0 Å². The highest BCUT2D eigenvalue weighted by Gasteiger charge is 2.14. The lowest BCUT2D eigenvalue weighted by molar-refractivity contribution is 0.104. The van der Waals surface area contributed by atoms with Crippen LogP contribution in [0.2, 0.25) is 0 Å². The van der Waals surface area contributed by atoms with Gasteiger partial charge in [0.25, 0.3) is 5.56 Å². The molecule has 0 aliphatic carbocycles. The molecule has 3 N–H and O–H groups in total. The second-order valence-electron chi connectivity index (χ2n) is 7.69. The largest absolute Gasteiger partial charge is 0.398 e. The normalized spacial score (nSPS) is 11.5. The summed E-state index contributed by atoms with van der Waals surface area (Å²) in [5.41, 5.74) is 10.1. The zero-order valence-corrected chi connectivity index (χ0v) is 19.7. The SMILES string of the molecule is CNCc1ccc(C(N)=CC(=O)c2nc(-c3ccc(=O)n(Cc4nccs4)c3)cnc2C)cc1. The maximum Gasteiger partial charge on any atom is 0.250 e. The van der Waals surface area contributed by atoms with E-state index >= 15 is 0 Å². The number of nitrogens with zero attached hydrogens (tertiary/aromatic N) is 4. The first kappa shape index (κ1) is 23.2. The Kier molecular flexibility index (Phi) is 7.05. The summed E-state index contributed by atoms with van der Waals surface area (Å²) >= 11 is 1.48. The van der Waals surface area contributed by atoms with Gasteiger partial charge in [0.2, 0.25) is 5.78 Å². The molecule has 0 bridgehead atoms. The van der Waals surface area contributed by atoms with Crippen LogP contribution in [-0.4, -0.2) is 32.3 Å². The van der Waals surface area contributed by atoms with E-state index in [1.165, 1.54) is 23.5 Å². The van der Waals surface area contributed by atoms with Gasteiger partial charge in [-0.15, -0.1) is 11.3 Å². The molecule has 0 atom stereocenters. The molecule has 0 saturated heterocycles. The molecular weight excluding hydrogens is 448 g/mol. The molecule has 172 valence electrons. The number of allylic oxidation sites excluding steroid dienone is 1. The minimum absolute atomic E-state index is 0.147. The van der Waals surface area contributed by atoms with E-state index in [-0.39, 0.29) is 17.0 Å². The molecule has 0 spiro atoms. The number of hydrogen-bond acceptors (Lipinski definition) is 8. The molecule has 0 aliphatic rings. The molecular formula is C25H24N6O2S. The van der Waals surface area contributed by atoms with Crippen molar-refractivity contribution in [1.82, 2.24) is 24.8 Å². The fraction of sp³-hybridized carbons (Fsp3) is 0.160. The number of thiazole rings is 1. The van der Waals surface area contributed by atoms with Gasteiger partial charge in [0.15, 0.2) is 0 Å². The van der Waals surface area contributed by atoms with Crippen LogP contribution in [-0.2, 0) is 13.1 Å². The highest BCUT2D eigenvalue weighted by atomic mass is 32.1. The maximum atomic E-state index is 13.0. The molecule has 4 rings (SSSR count). The number of ketones is 1. The van der Waals surface area contributed by atoms with Crippen LogP contribution >= 0.6 is 11.3 Å². The third-order valence-corrected chi connectivity index (χ3v) is 5.98. The second kappa shape index (κ2) is 10.3. The fourth-order valence-electron chi connectivity index (χ4n) is 3.42. The molecule has 0 unspecified atom stereocenters. The smallest absolute Gasteiger partial charge is 0.250 e. The predicted molar refractivity (Wildman–Crippen MR) is 133 cm³/mol. The summed E-state index contributed by atoms with van der Waals surface area (Å²) in [5, 5.41) is 5.78. The summed E-state index contributed by atoms with van der Waals surface area (Å²) in [4.78, 5) is 38.4. The van der Waals surface area contributed by atoms with Crippen LogP contribution in [0.15, 0.2) is 71.2 Å². The molecule has 34 heavy (non-hydrogen) atoms. The number of nitrogens with two attached hydrogens (primary N) is 1. The first-order valence-corrected chi connectivity index (χ1v) is 11.5. The Labute approximate surface area is 200 Å². The maximum absolute atomic E-state index is 13.0. The van der Waals surface area contributed by atoms with Crippen LogP contribution in [0.1, 0.15) is 32.3 Å². The van der Waals surface area contributed by atoms with Gasteiger partial charge in [-0.05, 0) is 31.2 Å². The van der Waals surface area contributed by atoms with Gasteiger partial charge < -0.3 is 15.6 Å². The minimum atomic E-state index is -0.334. The topological polar surface area (TPSA) is 116 Å². The number of benzene rings is 1. The van der Waals surface area contributed by atoms with Crippen LogP contribution in [0.5, 0.6) is 0 Å². The lowest BCUT2D eigenvalue weighted by Crippen LogP contribution is -2.19. The van der Waals surface area contributed by atoms with E-state index in [2.05, 4.69) is 20.3 Å². The number of carbonyl (C=O) groups is 1. The summed E-state index contributed by atoms with van der Waals surface area (Å²) in [6, 6.07) is 10.8. The van der Waals surface area contributed by atoms with Crippen LogP contribution in [0.3, 0.4) is 0 Å². The third kappa shape index (κ3) is 5.33. The van der Waals surface area contributed by atoms with Crippen molar-refractivity contribution in [2.75, 3.05) is 7.05 Å². The van der Waals surface area contributed by atoms with E-state index in [4.69, 9.17) is 5.73 Å². The zero-order valence-electron chi connectivity index (χ0n) is 18.9. The Morgan fingerprint density at radius 1 is 1.18 bits per heavy atom. The minimum Gasteiger partial charge on any atom is -0.398 e. The van der Waals surface area contributed by atoms with Gasteiger partial charge in [0.1, 0.15) is 10.7 Å². The van der Waals surface area contributed by atoms with Gasteiger partial charge in [0.05, 0.1) is 24.1 Å². The Bertz CT molecular complexity index is 1390. The van der Waals surface area contributed by atoms with Crippen molar-refractivity contribution in [3.05, 3.63) is 104 Å². The molecule has 1 aromatic carbocycles. The number of pyridine rings is 1. The van der Waals surface area contributed by atoms with E-state index in [1.807, 2.05) is 36.7 Å². The lowest BCUT2D eigenvalue weighted by atomic mass is 10.1. The first-order chi connectivity index (χ1) is 16.4. The molecule has 0 radical (unpaired) electrons. The third-order valence-electron chi connectivity index (χ3n) is 5.21. The molecule has 3 aromatic heterocycles. The Balaban J connectivity index is 1.61. The fourth-order valence-corrected chi connectivity index (χ4v) is 4.03. The standard InChI is InChI=1S/C25H24N6O2S/c1-16-25(22(32)11-20(26)18-5-3-17(4-6-18)12-27-2)30-21(13-29-16)19-7-8-24(33)31(14-19)15-23-28-9-10-34-23/h3-11,13-14,27H,12,15,26H2,1-2H3. The summed E-state index contributed by atoms with van der Waals surface area (Å²) in [6.45, 7) is 2.84. The van der Waals surface area contributed by atoms with Gasteiger partial charge in [-0.1, -0.05) is 24.3 Å². The van der Waals surface area contributed by atoms with E-state index in [0.717, 1.165) is 22.7 Å². The van der Waals surface area contributed by atoms with Crippen LogP contribution in [0.25, 0.3) is 17.0 Å². The second-order valence-corrected chi connectivity index (χ2v) is 8.67. The lowest BCUT2D eigenvalue weighted by Gasteiger charge is -2.09. The Morgan fingerprint density at radius 3 is 2.68 bits per heavy atom. The average molecular weight is 473 g/mol. The molecule has 8 nitrogen and oxygen atoms in total. The molecule has 4 aromatic rings. The summed E-state index contributed by atoms with van der Waals surface area (Å²) < 4.78 is 1.56. The van der Waals surface area contributed by atoms with Gasteiger partial charge in [-0.3, -0.25) is 14.6 Å². The molecule has 0 aliphatic heterocycles. The summed E-state index contributed by atoms with van der Waals surface area (Å²) in [7, 11) is 1.88. The van der Waals surface area contributed by atoms with Gasteiger partial charge in [-0.2, -0.15) is 0 Å². The van der Waals surface area contributed by atoms with Crippen molar-refractivity contribution in [3.63, 3.8) is 0 Å². The summed E-state index contributed by atoms with van der Waals surface area (Å²) in [5.74, 6) is -0.334. The predicted octanol–water partition coefficient (Wildman–Crippen LogP) is 3.02. The zero-order chi connectivity index (χ0) is 24.1. The molecule has 0 amide bonds. The number of aryl methyl sites for hydroxylation is 1. The van der Waals surface area contributed by atoms with E-state index in [0.29, 0.717) is 29.2 Å². The quantitative estimate of drug-likeness (QED) is 0.299. The molecule has 3 heterocycles. The molecule has 9 heteroatoms. The number of rotatable bonds is 8. The van der Waals surface area contributed by atoms with Crippen molar-refractivity contribution < 1.29 is 4.79 Å². The Morgan fingerprint density at radius 2 is 1.97 bits per heavy atom. The van der Waals surface area contributed by atoms with Gasteiger partial charge in [0, 0.05) is 47.7 Å². The van der Waals surface area contributed by atoms with Gasteiger partial charge >= 0.3 is 0 Å². The van der Waals surface area contributed by atoms with Crippen LogP contribution < -0.4 is 16.6 Å². The van der Waals surface area contributed by atoms with E-state index in [9.17, 15) is 9.59 Å². The summed E-state index contributed by atoms with van der Waals surface area (Å²) in [6.07, 6.45) is 6.37. The van der Waals surface area contributed by atoms with Crippen molar-refractivity contribution in [2.45, 2.75) is 20.0 Å². The highest BCUT2D eigenvalue weighted by Crippen LogP contribution is 2.19. The average Bonchev–Trinajstić information content (AvgIpc) is 3.34. The number of hydrogen-bond donors (Lipinski definition) is 2. The first-order valence-electron chi connectivity index (χ1n) is 10.6. The highest BCUT2D eigenvalue weighted by molar-refractivity contribution is 7.09. The monoisotopic (exact) mass is 472 g/mol. The number of carbonyl (C=O) groups excluding carboxylic acids is 1. The van der Waals surface area contributed by atoms with Crippen LogP contribution in [0.4, 0.5) is 0 Å². The van der Waals surface area contributed by atoms with Crippen molar-refractivity contribution in [3.8, 4) is 11.3 Å². The number of aromatic nitrogens is 4. The van der Waals surface area contributed by atoms with E-state index in [1.54, 1.807) is 36.1 Å². The van der Waals surface area contributed by atoms with Crippen molar-refractivity contribution in [2.24, 2.45) is 5.73 Å². The molecule has 0 saturated carbocycles. The van der Waals surface area contributed by atoms with Gasteiger partial charge in [-0.25, -0.2) is 9.97 Å².